The van der Waals surface area contributed by atoms with E-state index in [1.54, 1.807) is 11.8 Å². The van der Waals surface area contributed by atoms with Gasteiger partial charge in [-0.3, -0.25) is 9.59 Å². The summed E-state index contributed by atoms with van der Waals surface area (Å²) in [4.78, 5) is 23.1. The van der Waals surface area contributed by atoms with Crippen molar-refractivity contribution in [2.75, 3.05) is 19.3 Å². The van der Waals surface area contributed by atoms with Crippen molar-refractivity contribution in [3.63, 3.8) is 0 Å². The van der Waals surface area contributed by atoms with Gasteiger partial charge < -0.3 is 10.0 Å². The second kappa shape index (κ2) is 4.50. The molecule has 0 aromatic rings. The lowest BCUT2D eigenvalue weighted by molar-refractivity contribution is -0.143. The summed E-state index contributed by atoms with van der Waals surface area (Å²) < 4.78 is 0. The summed E-state index contributed by atoms with van der Waals surface area (Å²) in [6.45, 7) is -0.199. The minimum atomic E-state index is -0.959. The smallest absolute Gasteiger partial charge is 0.323 e. The summed E-state index contributed by atoms with van der Waals surface area (Å²) in [6.07, 6.45) is 1.94. The lowest BCUT2D eigenvalue weighted by Crippen LogP contribution is -2.37. The third kappa shape index (κ3) is 2.91. The molecule has 0 bridgehead atoms. The van der Waals surface area contributed by atoms with Crippen molar-refractivity contribution in [1.82, 2.24) is 4.90 Å². The average molecular weight is 203 g/mol. The number of thioether (sulfide) groups is 1. The van der Waals surface area contributed by atoms with Crippen LogP contribution in [0.4, 0.5) is 0 Å². The largest absolute Gasteiger partial charge is 0.480 e. The highest BCUT2D eigenvalue weighted by atomic mass is 32.2. The Morgan fingerprint density at radius 3 is 2.77 bits per heavy atom. The fourth-order valence-electron chi connectivity index (χ4n) is 1.30. The van der Waals surface area contributed by atoms with Crippen LogP contribution in [0.5, 0.6) is 0 Å². The number of hydrogen-bond donors (Lipinski definition) is 1. The Morgan fingerprint density at radius 2 is 2.31 bits per heavy atom. The lowest BCUT2D eigenvalue weighted by atomic mass is 10.2. The summed E-state index contributed by atoms with van der Waals surface area (Å²) in [5.74, 6) is 0.000809. The first-order valence-electron chi connectivity index (χ1n) is 4.19. The first-order valence-corrected chi connectivity index (χ1v) is 5.24. The zero-order chi connectivity index (χ0) is 9.84. The monoisotopic (exact) mass is 203 g/mol. The molecule has 1 heterocycles. The highest BCUT2D eigenvalue weighted by molar-refractivity contribution is 8.00. The van der Waals surface area contributed by atoms with Crippen LogP contribution >= 0.6 is 11.8 Å². The van der Waals surface area contributed by atoms with Gasteiger partial charge in [-0.25, -0.2) is 0 Å². The van der Waals surface area contributed by atoms with E-state index >= 15 is 0 Å². The molecule has 1 aliphatic rings. The Kier molecular flexibility index (Phi) is 3.59. The van der Waals surface area contributed by atoms with E-state index in [1.165, 1.54) is 11.9 Å². The predicted molar refractivity (Wildman–Crippen MR) is 50.8 cm³/mol. The molecule has 1 amide bonds. The van der Waals surface area contributed by atoms with Crippen LogP contribution in [0.2, 0.25) is 0 Å². The maximum absolute atomic E-state index is 11.5. The van der Waals surface area contributed by atoms with Crippen molar-refractivity contribution in [2.45, 2.75) is 18.1 Å². The number of carboxylic acids is 1. The number of amides is 1. The molecule has 0 aliphatic carbocycles. The van der Waals surface area contributed by atoms with Gasteiger partial charge in [0.05, 0.1) is 5.25 Å². The van der Waals surface area contributed by atoms with Gasteiger partial charge in [-0.1, -0.05) is 0 Å². The number of hydrogen-bond acceptors (Lipinski definition) is 3. The standard InChI is InChI=1S/C8H13NO3S/c1-9(5-7(10)11)8(12)6-3-2-4-13-6/h6H,2-5H2,1H3,(H,10,11). The number of nitrogens with zero attached hydrogens (tertiary/aromatic N) is 1. The number of aliphatic carboxylic acids is 1. The molecule has 1 unspecified atom stereocenters. The summed E-state index contributed by atoms with van der Waals surface area (Å²) in [5.41, 5.74) is 0. The number of likely N-dealkylation sites (N-methyl/N-ethyl adjacent to an activating group) is 1. The van der Waals surface area contributed by atoms with Gasteiger partial charge >= 0.3 is 5.97 Å². The molecule has 1 rings (SSSR count). The highest BCUT2D eigenvalue weighted by Gasteiger charge is 2.26. The Morgan fingerprint density at radius 1 is 1.62 bits per heavy atom. The van der Waals surface area contributed by atoms with E-state index in [4.69, 9.17) is 5.11 Å². The second-order valence-corrected chi connectivity index (χ2v) is 4.40. The molecule has 74 valence electrons. The van der Waals surface area contributed by atoms with Gasteiger partial charge in [0.1, 0.15) is 6.54 Å². The molecule has 0 saturated carbocycles. The number of carbonyl (C=O) groups is 2. The Hall–Kier alpha value is -0.710. The maximum atomic E-state index is 11.5. The molecule has 1 fully saturated rings. The molecule has 4 nitrogen and oxygen atoms in total. The summed E-state index contributed by atoms with van der Waals surface area (Å²) in [6, 6.07) is 0. The van der Waals surface area contributed by atoms with E-state index in [1.807, 2.05) is 0 Å². The van der Waals surface area contributed by atoms with Gasteiger partial charge in [-0.05, 0) is 18.6 Å². The van der Waals surface area contributed by atoms with E-state index in [2.05, 4.69) is 0 Å². The molecule has 0 aromatic heterocycles. The van der Waals surface area contributed by atoms with E-state index < -0.39 is 5.97 Å². The van der Waals surface area contributed by atoms with Gasteiger partial charge in [0.2, 0.25) is 5.91 Å². The molecule has 5 heteroatoms. The van der Waals surface area contributed by atoms with Gasteiger partial charge in [-0.15, -0.1) is 11.8 Å². The molecular formula is C8H13NO3S. The summed E-state index contributed by atoms with van der Waals surface area (Å²) >= 11 is 1.62. The topological polar surface area (TPSA) is 57.6 Å². The number of rotatable bonds is 3. The van der Waals surface area contributed by atoms with Crippen molar-refractivity contribution in [3.8, 4) is 0 Å². The van der Waals surface area contributed by atoms with Crippen LogP contribution in [0.3, 0.4) is 0 Å². The third-order valence-corrected chi connectivity index (χ3v) is 3.32. The zero-order valence-corrected chi connectivity index (χ0v) is 8.34. The first kappa shape index (κ1) is 10.4. The van der Waals surface area contributed by atoms with Crippen LogP contribution in [0, 0.1) is 0 Å². The molecule has 0 spiro atoms. The lowest BCUT2D eigenvalue weighted by Gasteiger charge is -2.17. The number of carbonyl (C=O) groups excluding carboxylic acids is 1. The molecular weight excluding hydrogens is 190 g/mol. The van der Waals surface area contributed by atoms with Gasteiger partial charge in [-0.2, -0.15) is 0 Å². The molecule has 0 radical (unpaired) electrons. The average Bonchev–Trinajstić information content (AvgIpc) is 2.53. The fourth-order valence-corrected chi connectivity index (χ4v) is 2.57. The molecule has 1 N–H and O–H groups in total. The van der Waals surface area contributed by atoms with Crippen molar-refractivity contribution in [3.05, 3.63) is 0 Å². The van der Waals surface area contributed by atoms with Crippen molar-refractivity contribution < 1.29 is 14.7 Å². The van der Waals surface area contributed by atoms with Gasteiger partial charge in [0, 0.05) is 7.05 Å². The Labute approximate surface area is 81.3 Å². The predicted octanol–water partition coefficient (Wildman–Crippen LogP) is 0.425. The highest BCUT2D eigenvalue weighted by Crippen LogP contribution is 2.27. The number of carboxylic acid groups (broad SMARTS) is 1. The normalized spacial score (nSPS) is 21.5. The molecule has 13 heavy (non-hydrogen) atoms. The minimum absolute atomic E-state index is 0.00986. The van der Waals surface area contributed by atoms with Gasteiger partial charge in [0.15, 0.2) is 0 Å². The van der Waals surface area contributed by atoms with Crippen molar-refractivity contribution in [2.24, 2.45) is 0 Å². The maximum Gasteiger partial charge on any atom is 0.323 e. The zero-order valence-electron chi connectivity index (χ0n) is 7.52. The van der Waals surface area contributed by atoms with Crippen LogP contribution in [-0.4, -0.2) is 46.5 Å². The molecule has 1 aliphatic heterocycles. The first-order chi connectivity index (χ1) is 6.11. The Bertz CT molecular complexity index is 213. The Balaban J connectivity index is 2.41. The van der Waals surface area contributed by atoms with Crippen LogP contribution in [0.15, 0.2) is 0 Å². The molecule has 1 atom stereocenters. The SMILES string of the molecule is CN(CC(=O)O)C(=O)C1CCCS1. The van der Waals surface area contributed by atoms with Crippen molar-refractivity contribution >= 4 is 23.6 Å². The van der Waals surface area contributed by atoms with Crippen LogP contribution < -0.4 is 0 Å². The van der Waals surface area contributed by atoms with Crippen molar-refractivity contribution in [1.29, 1.82) is 0 Å². The third-order valence-electron chi connectivity index (χ3n) is 1.95. The van der Waals surface area contributed by atoms with E-state index in [9.17, 15) is 9.59 Å². The molecule has 0 aromatic carbocycles. The van der Waals surface area contributed by atoms with Crippen LogP contribution in [-0.2, 0) is 9.59 Å². The summed E-state index contributed by atoms with van der Waals surface area (Å²) in [5, 5.41) is 8.47. The van der Waals surface area contributed by atoms with Crippen LogP contribution in [0.1, 0.15) is 12.8 Å². The summed E-state index contributed by atoms with van der Waals surface area (Å²) in [7, 11) is 1.54. The van der Waals surface area contributed by atoms with Gasteiger partial charge in [0.25, 0.3) is 0 Å². The second-order valence-electron chi connectivity index (χ2n) is 3.09. The fraction of sp³-hybridized carbons (Fsp3) is 0.750. The quantitative estimate of drug-likeness (QED) is 0.722. The van der Waals surface area contributed by atoms with E-state index in [-0.39, 0.29) is 17.7 Å². The minimum Gasteiger partial charge on any atom is -0.480 e. The van der Waals surface area contributed by atoms with E-state index in [0.29, 0.717) is 0 Å². The van der Waals surface area contributed by atoms with Crippen LogP contribution in [0.25, 0.3) is 0 Å². The van der Waals surface area contributed by atoms with E-state index in [0.717, 1.165) is 18.6 Å². The molecule has 1 saturated heterocycles.